The number of aryl methyl sites for hydroxylation is 1. The lowest BCUT2D eigenvalue weighted by atomic mass is 10.1. The van der Waals surface area contributed by atoms with Gasteiger partial charge in [0.15, 0.2) is 0 Å². The molecule has 0 saturated heterocycles. The SMILES string of the molecule is C=CCCc1ccc(C#Cc2cc(F)c(C(F)(F)Oc3cc(F)c(C(F)(F)F)c(F)c3)c(F)c2)c(F)c1. The average molecular weight is 532 g/mol. The van der Waals surface area contributed by atoms with E-state index in [1.54, 1.807) is 12.1 Å². The topological polar surface area (TPSA) is 9.23 Å². The van der Waals surface area contributed by atoms with Crippen molar-refractivity contribution in [2.45, 2.75) is 25.1 Å². The van der Waals surface area contributed by atoms with Gasteiger partial charge in [-0.25, -0.2) is 22.0 Å². The van der Waals surface area contributed by atoms with Crippen molar-refractivity contribution in [2.24, 2.45) is 0 Å². The summed E-state index contributed by atoms with van der Waals surface area (Å²) in [6.45, 7) is 3.55. The van der Waals surface area contributed by atoms with Gasteiger partial charge in [-0.1, -0.05) is 24.0 Å². The third-order valence-corrected chi connectivity index (χ3v) is 4.89. The van der Waals surface area contributed by atoms with E-state index in [1.807, 2.05) is 0 Å². The van der Waals surface area contributed by atoms with Crippen LogP contribution in [0.1, 0.15) is 34.2 Å². The molecule has 0 atom stereocenters. The van der Waals surface area contributed by atoms with Crippen molar-refractivity contribution in [1.82, 2.24) is 0 Å². The molecule has 1 nitrogen and oxygen atoms in total. The molecule has 0 N–H and O–H groups in total. The van der Waals surface area contributed by atoms with Crippen molar-refractivity contribution in [2.75, 3.05) is 0 Å². The molecule has 0 heterocycles. The third kappa shape index (κ3) is 6.44. The molecule has 0 aliphatic heterocycles. The van der Waals surface area contributed by atoms with Gasteiger partial charge in [-0.15, -0.1) is 6.58 Å². The lowest BCUT2D eigenvalue weighted by Crippen LogP contribution is -2.25. The maximum absolute atomic E-state index is 14.5. The van der Waals surface area contributed by atoms with E-state index in [4.69, 9.17) is 0 Å². The summed E-state index contributed by atoms with van der Waals surface area (Å²) in [4.78, 5) is 0. The van der Waals surface area contributed by atoms with Crippen molar-refractivity contribution in [3.8, 4) is 17.6 Å². The highest BCUT2D eigenvalue weighted by molar-refractivity contribution is 5.46. The second-order valence-electron chi connectivity index (χ2n) is 7.58. The van der Waals surface area contributed by atoms with E-state index in [-0.39, 0.29) is 17.7 Å². The van der Waals surface area contributed by atoms with Gasteiger partial charge in [0, 0.05) is 17.7 Å². The zero-order valence-corrected chi connectivity index (χ0v) is 18.4. The molecule has 3 rings (SSSR count). The van der Waals surface area contributed by atoms with Gasteiger partial charge >= 0.3 is 12.3 Å². The fraction of sp³-hybridized carbons (Fsp3) is 0.154. The first-order chi connectivity index (χ1) is 17.2. The largest absolute Gasteiger partial charge is 0.432 e. The van der Waals surface area contributed by atoms with E-state index in [0.29, 0.717) is 30.5 Å². The molecule has 194 valence electrons. The Morgan fingerprint density at radius 3 is 1.81 bits per heavy atom. The third-order valence-electron chi connectivity index (χ3n) is 4.89. The molecule has 0 bridgehead atoms. The Labute approximate surface area is 204 Å². The van der Waals surface area contributed by atoms with Crippen LogP contribution in [0.4, 0.5) is 43.9 Å². The number of allylic oxidation sites excluding steroid dienone is 1. The van der Waals surface area contributed by atoms with Crippen LogP contribution in [-0.4, -0.2) is 0 Å². The fourth-order valence-corrected chi connectivity index (χ4v) is 3.23. The Balaban J connectivity index is 1.88. The van der Waals surface area contributed by atoms with Crippen molar-refractivity contribution >= 4 is 0 Å². The van der Waals surface area contributed by atoms with E-state index in [2.05, 4.69) is 23.2 Å². The first kappa shape index (κ1) is 27.6. The smallest absolute Gasteiger partial charge is 0.429 e. The van der Waals surface area contributed by atoms with Crippen LogP contribution in [0, 0.1) is 40.9 Å². The van der Waals surface area contributed by atoms with Crippen molar-refractivity contribution in [3.63, 3.8) is 0 Å². The van der Waals surface area contributed by atoms with E-state index in [1.165, 1.54) is 12.1 Å². The molecule has 11 heteroatoms. The number of ether oxygens (including phenoxy) is 1. The molecule has 0 amide bonds. The number of hydrogen-bond acceptors (Lipinski definition) is 1. The van der Waals surface area contributed by atoms with Crippen molar-refractivity contribution in [3.05, 3.63) is 112 Å². The molecule has 0 unspecified atom stereocenters. The summed E-state index contributed by atoms with van der Waals surface area (Å²) in [7, 11) is 0. The van der Waals surface area contributed by atoms with Crippen LogP contribution < -0.4 is 4.74 Å². The lowest BCUT2D eigenvalue weighted by molar-refractivity contribution is -0.189. The van der Waals surface area contributed by atoms with Gasteiger partial charge in [0.05, 0.1) is 5.56 Å². The summed E-state index contributed by atoms with van der Waals surface area (Å²) >= 11 is 0. The summed E-state index contributed by atoms with van der Waals surface area (Å²) < 4.78 is 141. The van der Waals surface area contributed by atoms with Crippen LogP contribution in [0.2, 0.25) is 0 Å². The van der Waals surface area contributed by atoms with Gasteiger partial charge in [0.1, 0.15) is 46.0 Å². The molecule has 3 aromatic carbocycles. The first-order valence-corrected chi connectivity index (χ1v) is 10.3. The normalized spacial score (nSPS) is 11.6. The number of rotatable bonds is 6. The number of halogens is 10. The molecule has 0 radical (unpaired) electrons. The molecular formula is C26H14F10O. The van der Waals surface area contributed by atoms with Crippen LogP contribution in [0.15, 0.2) is 55.1 Å². The van der Waals surface area contributed by atoms with E-state index < -0.39 is 63.8 Å². The molecular weight excluding hydrogens is 518 g/mol. The van der Waals surface area contributed by atoms with Crippen LogP contribution in [0.5, 0.6) is 5.75 Å². The summed E-state index contributed by atoms with van der Waals surface area (Å²) in [5, 5.41) is 0. The maximum atomic E-state index is 14.5. The van der Waals surface area contributed by atoms with Crippen molar-refractivity contribution in [1.29, 1.82) is 0 Å². The second-order valence-corrected chi connectivity index (χ2v) is 7.58. The molecule has 0 aliphatic rings. The highest BCUT2D eigenvalue weighted by Gasteiger charge is 2.43. The van der Waals surface area contributed by atoms with Gasteiger partial charge in [-0.05, 0) is 42.7 Å². The standard InChI is InChI=1S/C26H14F10O/c1-2-3-4-14-5-7-16(18(27)9-14)8-6-15-10-19(28)24(20(29)11-15)26(35,36)37-17-12-21(30)23(22(31)13-17)25(32,33)34/h2,5,7,9-13H,1,3-4H2. The Morgan fingerprint density at radius 1 is 0.730 bits per heavy atom. The zero-order valence-electron chi connectivity index (χ0n) is 18.4. The first-order valence-electron chi connectivity index (χ1n) is 10.3. The van der Waals surface area contributed by atoms with Gasteiger partial charge in [0.2, 0.25) is 0 Å². The molecule has 0 aromatic heterocycles. The van der Waals surface area contributed by atoms with Crippen molar-refractivity contribution < 1.29 is 48.6 Å². The number of alkyl halides is 5. The monoisotopic (exact) mass is 532 g/mol. The predicted octanol–water partition coefficient (Wildman–Crippen LogP) is 8.05. The van der Waals surface area contributed by atoms with E-state index in [0.717, 1.165) is 0 Å². The van der Waals surface area contributed by atoms with E-state index >= 15 is 0 Å². The number of hydrogen-bond donors (Lipinski definition) is 0. The highest BCUT2D eigenvalue weighted by atomic mass is 19.4. The van der Waals surface area contributed by atoms with Crippen LogP contribution in [0.3, 0.4) is 0 Å². The minimum absolute atomic E-state index is 0.132. The highest BCUT2D eigenvalue weighted by Crippen LogP contribution is 2.39. The fourth-order valence-electron chi connectivity index (χ4n) is 3.23. The summed E-state index contributed by atoms with van der Waals surface area (Å²) in [6, 6.07) is 4.47. The average Bonchev–Trinajstić information content (AvgIpc) is 2.74. The Kier molecular flexibility index (Phi) is 7.91. The number of benzene rings is 3. The molecule has 0 saturated carbocycles. The molecule has 0 aliphatic carbocycles. The van der Waals surface area contributed by atoms with Crippen LogP contribution in [0.25, 0.3) is 0 Å². The quantitative estimate of drug-likeness (QED) is 0.177. The minimum Gasteiger partial charge on any atom is -0.429 e. The Hall–Kier alpha value is -3.94. The summed E-state index contributed by atoms with van der Waals surface area (Å²) in [5.41, 5.74) is -4.29. The molecule has 37 heavy (non-hydrogen) atoms. The van der Waals surface area contributed by atoms with Crippen LogP contribution in [-0.2, 0) is 18.7 Å². The lowest BCUT2D eigenvalue weighted by Gasteiger charge is -2.20. The Bertz CT molecular complexity index is 1350. The summed E-state index contributed by atoms with van der Waals surface area (Å²) in [6.07, 6.45) is -7.60. The maximum Gasteiger partial charge on any atom is 0.432 e. The van der Waals surface area contributed by atoms with E-state index in [9.17, 15) is 43.9 Å². The minimum atomic E-state index is -5.47. The Morgan fingerprint density at radius 2 is 1.30 bits per heavy atom. The molecule has 3 aromatic rings. The second kappa shape index (κ2) is 10.6. The molecule has 0 fully saturated rings. The van der Waals surface area contributed by atoms with Gasteiger partial charge in [0.25, 0.3) is 0 Å². The zero-order chi connectivity index (χ0) is 27.5. The summed E-state index contributed by atoms with van der Waals surface area (Å²) in [5.74, 6) is -5.94. The predicted molar refractivity (Wildman–Crippen MR) is 113 cm³/mol. The van der Waals surface area contributed by atoms with Crippen LogP contribution >= 0.6 is 0 Å². The van der Waals surface area contributed by atoms with Gasteiger partial charge in [-0.3, -0.25) is 0 Å². The van der Waals surface area contributed by atoms with Gasteiger partial charge in [-0.2, -0.15) is 22.0 Å². The molecule has 0 spiro atoms. The van der Waals surface area contributed by atoms with Gasteiger partial charge < -0.3 is 4.74 Å².